The predicted octanol–water partition coefficient (Wildman–Crippen LogP) is 6.53. The van der Waals surface area contributed by atoms with Gasteiger partial charge in [-0.25, -0.2) is 8.42 Å². The summed E-state index contributed by atoms with van der Waals surface area (Å²) in [6.07, 6.45) is 1.01. The Morgan fingerprint density at radius 1 is 0.878 bits per heavy atom. The fraction of sp³-hybridized carbons (Fsp3) is 0.355. The van der Waals surface area contributed by atoms with Gasteiger partial charge in [-0.05, 0) is 69.5 Å². The van der Waals surface area contributed by atoms with Crippen molar-refractivity contribution in [1.29, 1.82) is 0 Å². The summed E-state index contributed by atoms with van der Waals surface area (Å²) < 4.78 is 29.1. The molecule has 3 aromatic carbocycles. The van der Waals surface area contributed by atoms with E-state index in [0.29, 0.717) is 39.7 Å². The molecule has 0 radical (unpaired) electrons. The number of nitrogens with one attached hydrogen (secondary N) is 1. The van der Waals surface area contributed by atoms with E-state index in [1.807, 2.05) is 20.8 Å². The summed E-state index contributed by atoms with van der Waals surface area (Å²) in [7, 11) is -4.15. The second kappa shape index (κ2) is 14.2. The molecule has 3 rings (SSSR count). The first-order valence-electron chi connectivity index (χ1n) is 13.6. The molecule has 0 aliphatic rings. The van der Waals surface area contributed by atoms with Crippen LogP contribution in [-0.4, -0.2) is 43.8 Å². The summed E-state index contributed by atoms with van der Waals surface area (Å²) in [5.41, 5.74) is 2.43. The van der Waals surface area contributed by atoms with Gasteiger partial charge in [-0.15, -0.1) is 0 Å². The Kier molecular flexibility index (Phi) is 11.2. The zero-order valence-corrected chi connectivity index (χ0v) is 26.4. The molecular formula is C31H37Cl2N3O4S. The number of carbonyl (C=O) groups excluding carboxylic acids is 2. The van der Waals surface area contributed by atoms with Gasteiger partial charge in [0.25, 0.3) is 10.0 Å². The first-order chi connectivity index (χ1) is 19.4. The third-order valence-corrected chi connectivity index (χ3v) is 9.53. The Morgan fingerprint density at radius 2 is 1.49 bits per heavy atom. The van der Waals surface area contributed by atoms with Crippen molar-refractivity contribution < 1.29 is 18.0 Å². The Bertz CT molecular complexity index is 1460. The van der Waals surface area contributed by atoms with Crippen LogP contribution in [0.1, 0.15) is 50.3 Å². The molecule has 0 spiro atoms. The molecule has 2 amide bonds. The highest BCUT2D eigenvalue weighted by Gasteiger charge is 2.35. The van der Waals surface area contributed by atoms with Crippen molar-refractivity contribution in [2.45, 2.75) is 71.0 Å². The van der Waals surface area contributed by atoms with Gasteiger partial charge in [-0.2, -0.15) is 0 Å². The van der Waals surface area contributed by atoms with E-state index in [1.54, 1.807) is 68.4 Å². The molecule has 0 unspecified atom stereocenters. The Labute approximate surface area is 253 Å². The first-order valence-corrected chi connectivity index (χ1v) is 15.8. The highest BCUT2D eigenvalue weighted by molar-refractivity contribution is 7.92. The lowest BCUT2D eigenvalue weighted by atomic mass is 10.1. The van der Waals surface area contributed by atoms with Gasteiger partial charge in [0, 0.05) is 28.2 Å². The molecule has 10 heteroatoms. The van der Waals surface area contributed by atoms with Crippen molar-refractivity contribution in [1.82, 2.24) is 10.2 Å². The number of aryl methyl sites for hydroxylation is 2. The van der Waals surface area contributed by atoms with Crippen LogP contribution in [0.4, 0.5) is 5.69 Å². The average Bonchev–Trinajstić information content (AvgIpc) is 2.93. The molecule has 0 aliphatic carbocycles. The van der Waals surface area contributed by atoms with Crippen molar-refractivity contribution in [3.8, 4) is 0 Å². The van der Waals surface area contributed by atoms with Crippen LogP contribution in [0.5, 0.6) is 0 Å². The average molecular weight is 619 g/mol. The van der Waals surface area contributed by atoms with Crippen LogP contribution in [0.3, 0.4) is 0 Å². The minimum Gasteiger partial charge on any atom is -0.352 e. The largest absolute Gasteiger partial charge is 0.352 e. The maximum Gasteiger partial charge on any atom is 0.264 e. The van der Waals surface area contributed by atoms with Gasteiger partial charge in [0.15, 0.2) is 0 Å². The lowest BCUT2D eigenvalue weighted by Gasteiger charge is -2.34. The van der Waals surface area contributed by atoms with Crippen LogP contribution in [0.2, 0.25) is 10.0 Å². The Morgan fingerprint density at radius 3 is 2.05 bits per heavy atom. The molecule has 0 saturated carbocycles. The van der Waals surface area contributed by atoms with E-state index in [2.05, 4.69) is 5.32 Å². The van der Waals surface area contributed by atoms with E-state index >= 15 is 0 Å². The zero-order chi connectivity index (χ0) is 30.3. The van der Waals surface area contributed by atoms with Crippen LogP contribution in [0, 0.1) is 13.8 Å². The zero-order valence-electron chi connectivity index (χ0n) is 24.0. The van der Waals surface area contributed by atoms with Gasteiger partial charge in [0.05, 0.1) is 10.6 Å². The first kappa shape index (κ1) is 32.4. The topological polar surface area (TPSA) is 86.8 Å². The summed E-state index contributed by atoms with van der Waals surface area (Å²) in [6, 6.07) is 17.5. The fourth-order valence-electron chi connectivity index (χ4n) is 4.41. The van der Waals surface area contributed by atoms with Crippen molar-refractivity contribution >= 4 is 50.7 Å². The second-order valence-electron chi connectivity index (χ2n) is 10.1. The van der Waals surface area contributed by atoms with E-state index in [9.17, 15) is 18.0 Å². The number of sulfonamides is 1. The minimum atomic E-state index is -4.15. The molecule has 0 saturated heterocycles. The molecule has 3 aromatic rings. The van der Waals surface area contributed by atoms with E-state index in [-0.39, 0.29) is 23.4 Å². The lowest BCUT2D eigenvalue weighted by Crippen LogP contribution is -2.53. The summed E-state index contributed by atoms with van der Waals surface area (Å²) in [5.74, 6) is -0.895. The molecule has 41 heavy (non-hydrogen) atoms. The van der Waals surface area contributed by atoms with Crippen LogP contribution in [0.25, 0.3) is 0 Å². The van der Waals surface area contributed by atoms with Gasteiger partial charge in [-0.3, -0.25) is 13.9 Å². The molecule has 1 N–H and O–H groups in total. The molecule has 7 nitrogen and oxygen atoms in total. The van der Waals surface area contributed by atoms with Crippen LogP contribution < -0.4 is 9.62 Å². The van der Waals surface area contributed by atoms with Gasteiger partial charge >= 0.3 is 0 Å². The van der Waals surface area contributed by atoms with Gasteiger partial charge in [0.2, 0.25) is 11.8 Å². The summed E-state index contributed by atoms with van der Waals surface area (Å²) in [5, 5.41) is 3.64. The van der Waals surface area contributed by atoms with Gasteiger partial charge in [0.1, 0.15) is 12.6 Å². The number of para-hydroxylation sites is 1. The molecule has 0 fully saturated rings. The number of rotatable bonds is 12. The predicted molar refractivity (Wildman–Crippen MR) is 166 cm³/mol. The monoisotopic (exact) mass is 617 g/mol. The molecule has 0 heterocycles. The van der Waals surface area contributed by atoms with E-state index < -0.39 is 28.5 Å². The van der Waals surface area contributed by atoms with Crippen molar-refractivity contribution in [3.63, 3.8) is 0 Å². The molecular weight excluding hydrogens is 581 g/mol. The number of carbonyl (C=O) groups is 2. The fourth-order valence-corrected chi connectivity index (χ4v) is 6.40. The summed E-state index contributed by atoms with van der Waals surface area (Å²) >= 11 is 12.9. The maximum atomic E-state index is 14.2. The SMILES string of the molecule is CC[C@@H](C)NC(=O)[C@H](CC)N(Cc1c(Cl)cccc1Cl)C(=O)CN(c1ccccc1C)S(=O)(=O)c1ccc(C)cc1. The smallest absolute Gasteiger partial charge is 0.264 e. The highest BCUT2D eigenvalue weighted by atomic mass is 35.5. The minimum absolute atomic E-state index is 0.0569. The molecule has 2 atom stereocenters. The third kappa shape index (κ3) is 7.82. The number of halogens is 2. The number of hydrogen-bond donors (Lipinski definition) is 1. The standard InChI is InChI=1S/C31H37Cl2N3O4S/c1-6-23(5)34-31(38)28(7-2)35(19-25-26(32)12-10-13-27(25)33)30(37)20-36(29-14-9-8-11-22(29)4)41(39,40)24-17-15-21(3)16-18-24/h8-18,23,28H,6-7,19-20H2,1-5H3,(H,34,38)/t23-,28+/m1/s1. The number of benzene rings is 3. The van der Waals surface area contributed by atoms with Crippen molar-refractivity contribution in [2.24, 2.45) is 0 Å². The molecule has 0 aromatic heterocycles. The van der Waals surface area contributed by atoms with Crippen LogP contribution in [-0.2, 0) is 26.2 Å². The summed E-state index contributed by atoms with van der Waals surface area (Å²) in [4.78, 5) is 29.1. The quantitative estimate of drug-likeness (QED) is 0.250. The number of nitrogens with zero attached hydrogens (tertiary/aromatic N) is 2. The molecule has 0 bridgehead atoms. The number of amides is 2. The Hall–Kier alpha value is -3.07. The molecule has 220 valence electrons. The highest BCUT2D eigenvalue weighted by Crippen LogP contribution is 2.30. The van der Waals surface area contributed by atoms with Crippen LogP contribution >= 0.6 is 23.2 Å². The maximum absolute atomic E-state index is 14.2. The Balaban J connectivity index is 2.11. The molecule has 0 aliphatic heterocycles. The van der Waals surface area contributed by atoms with Crippen molar-refractivity contribution in [2.75, 3.05) is 10.8 Å². The number of hydrogen-bond acceptors (Lipinski definition) is 4. The second-order valence-corrected chi connectivity index (χ2v) is 12.8. The van der Waals surface area contributed by atoms with Crippen LogP contribution in [0.15, 0.2) is 71.6 Å². The van der Waals surface area contributed by atoms with Gasteiger partial charge in [-0.1, -0.05) is 79.0 Å². The van der Waals surface area contributed by atoms with E-state index in [0.717, 1.165) is 9.87 Å². The summed E-state index contributed by atoms with van der Waals surface area (Å²) in [6.45, 7) is 8.69. The van der Waals surface area contributed by atoms with Gasteiger partial charge < -0.3 is 10.2 Å². The lowest BCUT2D eigenvalue weighted by molar-refractivity contribution is -0.140. The normalized spacial score (nSPS) is 12.9. The van der Waals surface area contributed by atoms with E-state index in [4.69, 9.17) is 23.2 Å². The number of anilines is 1. The van der Waals surface area contributed by atoms with E-state index in [1.165, 1.54) is 17.0 Å². The van der Waals surface area contributed by atoms with Crippen molar-refractivity contribution in [3.05, 3.63) is 93.5 Å². The third-order valence-electron chi connectivity index (χ3n) is 7.05.